The van der Waals surface area contributed by atoms with Crippen molar-refractivity contribution in [3.8, 4) is 0 Å². The van der Waals surface area contributed by atoms with E-state index in [0.29, 0.717) is 6.04 Å². The van der Waals surface area contributed by atoms with Gasteiger partial charge in [-0.2, -0.15) is 0 Å². The number of hydrogen-bond acceptors (Lipinski definition) is 2. The lowest BCUT2D eigenvalue weighted by atomic mass is 9.98. The molecule has 0 aromatic heterocycles. The molecular formula is C17H27ClN2. The second-order valence-electron chi connectivity index (χ2n) is 6.72. The number of nitrogens with two attached hydrogens (primary N) is 1. The van der Waals surface area contributed by atoms with Gasteiger partial charge in [0.25, 0.3) is 0 Å². The number of likely N-dealkylation sites (tertiary alicyclic amines) is 1. The van der Waals surface area contributed by atoms with Gasteiger partial charge in [0.05, 0.1) is 0 Å². The summed E-state index contributed by atoms with van der Waals surface area (Å²) in [7, 11) is 0. The maximum Gasteiger partial charge on any atom is 0.0236 e. The minimum absolute atomic E-state index is 0. The maximum absolute atomic E-state index is 6.22. The summed E-state index contributed by atoms with van der Waals surface area (Å²) in [5.74, 6) is 1.62. The van der Waals surface area contributed by atoms with Gasteiger partial charge in [-0.05, 0) is 67.7 Å². The first-order chi connectivity index (χ1) is 9.04. The predicted octanol–water partition coefficient (Wildman–Crippen LogP) is 3.20. The Labute approximate surface area is 129 Å². The minimum atomic E-state index is 0. The normalized spacial score (nSPS) is 29.3. The Hall–Kier alpha value is -0.570. The number of benzene rings is 1. The van der Waals surface area contributed by atoms with E-state index >= 15 is 0 Å². The van der Waals surface area contributed by atoms with Crippen molar-refractivity contribution in [3.05, 3.63) is 34.4 Å². The van der Waals surface area contributed by atoms with Gasteiger partial charge in [0.2, 0.25) is 0 Å². The molecule has 3 atom stereocenters. The first kappa shape index (κ1) is 15.8. The molecule has 3 heteroatoms. The fourth-order valence-electron chi connectivity index (χ4n) is 3.96. The van der Waals surface area contributed by atoms with Crippen LogP contribution in [0.2, 0.25) is 0 Å². The molecule has 2 fully saturated rings. The standard InChI is InChI=1S/C17H26N2.ClH/c1-11-6-13(3)15(7-12(11)2)9-19-8-14-4-5-17(18)16(14)10-19;/h6-7,14,16-17H,4-5,8-10,18H2,1-3H3;1H. The first-order valence-electron chi connectivity index (χ1n) is 7.59. The third-order valence-corrected chi connectivity index (χ3v) is 5.33. The molecule has 0 bridgehead atoms. The van der Waals surface area contributed by atoms with Crippen molar-refractivity contribution in [2.45, 2.75) is 46.2 Å². The Bertz CT molecular complexity index is 486. The molecular weight excluding hydrogens is 268 g/mol. The quantitative estimate of drug-likeness (QED) is 0.907. The molecule has 1 aliphatic heterocycles. The van der Waals surface area contributed by atoms with Crippen molar-refractivity contribution in [3.63, 3.8) is 0 Å². The lowest BCUT2D eigenvalue weighted by molar-refractivity contribution is 0.297. The summed E-state index contributed by atoms with van der Waals surface area (Å²) in [6.45, 7) is 10.2. The molecule has 112 valence electrons. The van der Waals surface area contributed by atoms with Gasteiger partial charge < -0.3 is 5.73 Å². The van der Waals surface area contributed by atoms with Crippen molar-refractivity contribution in [2.24, 2.45) is 17.6 Å². The van der Waals surface area contributed by atoms with E-state index in [1.807, 2.05) is 0 Å². The Balaban J connectivity index is 0.00000147. The molecule has 1 saturated heterocycles. The van der Waals surface area contributed by atoms with Gasteiger partial charge in [-0.3, -0.25) is 4.90 Å². The van der Waals surface area contributed by atoms with Crippen molar-refractivity contribution >= 4 is 12.4 Å². The number of nitrogens with zero attached hydrogens (tertiary/aromatic N) is 1. The van der Waals surface area contributed by atoms with Crippen LogP contribution < -0.4 is 5.73 Å². The van der Waals surface area contributed by atoms with Gasteiger partial charge in [-0.1, -0.05) is 12.1 Å². The summed E-state index contributed by atoms with van der Waals surface area (Å²) in [6, 6.07) is 5.15. The van der Waals surface area contributed by atoms with E-state index in [0.717, 1.165) is 18.4 Å². The second kappa shape index (κ2) is 6.05. The highest BCUT2D eigenvalue weighted by Crippen LogP contribution is 2.37. The van der Waals surface area contributed by atoms with Crippen LogP contribution in [0.5, 0.6) is 0 Å². The number of fused-ring (bicyclic) bond motifs is 1. The first-order valence-corrected chi connectivity index (χ1v) is 7.59. The average molecular weight is 295 g/mol. The van der Waals surface area contributed by atoms with Crippen LogP contribution in [-0.2, 0) is 6.54 Å². The summed E-state index contributed by atoms with van der Waals surface area (Å²) in [5, 5.41) is 0. The number of halogens is 1. The fourth-order valence-corrected chi connectivity index (χ4v) is 3.96. The van der Waals surface area contributed by atoms with Crippen LogP contribution >= 0.6 is 12.4 Å². The van der Waals surface area contributed by atoms with Gasteiger partial charge >= 0.3 is 0 Å². The fraction of sp³-hybridized carbons (Fsp3) is 0.647. The molecule has 1 aliphatic carbocycles. The Morgan fingerprint density at radius 2 is 1.75 bits per heavy atom. The monoisotopic (exact) mass is 294 g/mol. The Morgan fingerprint density at radius 1 is 1.05 bits per heavy atom. The highest BCUT2D eigenvalue weighted by atomic mass is 35.5. The third-order valence-electron chi connectivity index (χ3n) is 5.33. The lowest BCUT2D eigenvalue weighted by Crippen LogP contribution is -2.30. The molecule has 1 saturated carbocycles. The van der Waals surface area contributed by atoms with E-state index in [9.17, 15) is 0 Å². The van der Waals surface area contributed by atoms with Crippen molar-refractivity contribution in [1.82, 2.24) is 4.90 Å². The van der Waals surface area contributed by atoms with Crippen LogP contribution in [-0.4, -0.2) is 24.0 Å². The summed E-state index contributed by atoms with van der Waals surface area (Å²) in [6.07, 6.45) is 2.58. The highest BCUT2D eigenvalue weighted by Gasteiger charge is 2.40. The van der Waals surface area contributed by atoms with Crippen LogP contribution in [0.15, 0.2) is 12.1 Å². The number of aryl methyl sites for hydroxylation is 3. The molecule has 1 aromatic carbocycles. The van der Waals surface area contributed by atoms with Crippen LogP contribution in [0.3, 0.4) is 0 Å². The second-order valence-corrected chi connectivity index (χ2v) is 6.72. The highest BCUT2D eigenvalue weighted by molar-refractivity contribution is 5.85. The van der Waals surface area contributed by atoms with E-state index in [-0.39, 0.29) is 12.4 Å². The Morgan fingerprint density at radius 3 is 2.45 bits per heavy atom. The Kier molecular flexibility index (Phi) is 4.78. The maximum atomic E-state index is 6.22. The summed E-state index contributed by atoms with van der Waals surface area (Å²) in [4.78, 5) is 2.62. The van der Waals surface area contributed by atoms with E-state index in [4.69, 9.17) is 5.73 Å². The van der Waals surface area contributed by atoms with Gasteiger partial charge in [-0.25, -0.2) is 0 Å². The number of rotatable bonds is 2. The molecule has 0 amide bonds. The van der Waals surface area contributed by atoms with Crippen molar-refractivity contribution < 1.29 is 0 Å². The van der Waals surface area contributed by atoms with Crippen LogP contribution in [0, 0.1) is 32.6 Å². The van der Waals surface area contributed by atoms with Gasteiger partial charge in [0.1, 0.15) is 0 Å². The van der Waals surface area contributed by atoms with Crippen LogP contribution in [0.4, 0.5) is 0 Å². The molecule has 0 spiro atoms. The zero-order chi connectivity index (χ0) is 13.6. The summed E-state index contributed by atoms with van der Waals surface area (Å²) in [5.41, 5.74) is 12.0. The molecule has 1 heterocycles. The summed E-state index contributed by atoms with van der Waals surface area (Å²) >= 11 is 0. The SMILES string of the molecule is Cc1cc(C)c(CN2CC3CCC(N)C3C2)cc1C.Cl. The molecule has 2 aliphatic rings. The van der Waals surface area contributed by atoms with E-state index in [2.05, 4.69) is 37.8 Å². The van der Waals surface area contributed by atoms with Crippen molar-refractivity contribution in [2.75, 3.05) is 13.1 Å². The van der Waals surface area contributed by atoms with Gasteiger partial charge in [0.15, 0.2) is 0 Å². The molecule has 0 radical (unpaired) electrons. The topological polar surface area (TPSA) is 29.3 Å². The van der Waals surface area contributed by atoms with Gasteiger partial charge in [-0.15, -0.1) is 12.4 Å². The zero-order valence-electron chi connectivity index (χ0n) is 12.9. The molecule has 2 nitrogen and oxygen atoms in total. The van der Waals surface area contributed by atoms with Crippen molar-refractivity contribution in [1.29, 1.82) is 0 Å². The average Bonchev–Trinajstić information content (AvgIpc) is 2.89. The zero-order valence-corrected chi connectivity index (χ0v) is 13.7. The van der Waals surface area contributed by atoms with E-state index in [1.54, 1.807) is 0 Å². The lowest BCUT2D eigenvalue weighted by Gasteiger charge is -2.20. The largest absolute Gasteiger partial charge is 0.327 e. The minimum Gasteiger partial charge on any atom is -0.327 e. The smallest absolute Gasteiger partial charge is 0.0236 e. The van der Waals surface area contributed by atoms with E-state index < -0.39 is 0 Å². The molecule has 3 unspecified atom stereocenters. The van der Waals surface area contributed by atoms with Crippen LogP contribution in [0.1, 0.15) is 35.1 Å². The molecule has 1 aromatic rings. The van der Waals surface area contributed by atoms with E-state index in [1.165, 1.54) is 48.2 Å². The predicted molar refractivity (Wildman–Crippen MR) is 87.4 cm³/mol. The molecule has 2 N–H and O–H groups in total. The van der Waals surface area contributed by atoms with Gasteiger partial charge in [0, 0.05) is 25.7 Å². The number of hydrogen-bond donors (Lipinski definition) is 1. The molecule has 3 rings (SSSR count). The molecule has 20 heavy (non-hydrogen) atoms. The third kappa shape index (κ3) is 2.88. The summed E-state index contributed by atoms with van der Waals surface area (Å²) < 4.78 is 0. The van der Waals surface area contributed by atoms with Crippen LogP contribution in [0.25, 0.3) is 0 Å².